The van der Waals surface area contributed by atoms with E-state index in [0.717, 1.165) is 19.4 Å². The highest BCUT2D eigenvalue weighted by molar-refractivity contribution is 5.94. The van der Waals surface area contributed by atoms with Gasteiger partial charge in [0.1, 0.15) is 0 Å². The maximum absolute atomic E-state index is 12.5. The number of hydrogen-bond donors (Lipinski definition) is 1. The number of esters is 1. The number of nitriles is 1. The third kappa shape index (κ3) is 4.56. The highest BCUT2D eigenvalue weighted by Gasteiger charge is 2.31. The number of amides is 1. The summed E-state index contributed by atoms with van der Waals surface area (Å²) < 4.78 is 5.09. The average Bonchev–Trinajstić information content (AvgIpc) is 2.61. The van der Waals surface area contributed by atoms with Gasteiger partial charge in [-0.2, -0.15) is 5.26 Å². The van der Waals surface area contributed by atoms with Crippen LogP contribution >= 0.6 is 0 Å². The highest BCUT2D eigenvalue weighted by Crippen LogP contribution is 2.20. The van der Waals surface area contributed by atoms with E-state index >= 15 is 0 Å². The summed E-state index contributed by atoms with van der Waals surface area (Å²) in [6.45, 7) is 5.32. The molecule has 24 heavy (non-hydrogen) atoms. The van der Waals surface area contributed by atoms with Crippen LogP contribution in [0.15, 0.2) is 24.3 Å². The Morgan fingerprint density at radius 1 is 1.50 bits per heavy atom. The molecule has 6 nitrogen and oxygen atoms in total. The monoisotopic (exact) mass is 329 g/mol. The number of carbonyl (C=O) groups is 2. The van der Waals surface area contributed by atoms with E-state index in [4.69, 9.17) is 10.00 Å². The maximum atomic E-state index is 12.5. The summed E-state index contributed by atoms with van der Waals surface area (Å²) in [4.78, 5) is 26.4. The molecular weight excluding hydrogens is 306 g/mol. The first-order valence-corrected chi connectivity index (χ1v) is 8.26. The van der Waals surface area contributed by atoms with E-state index in [1.807, 2.05) is 11.8 Å². The molecule has 2 atom stereocenters. The van der Waals surface area contributed by atoms with Crippen LogP contribution in [0.2, 0.25) is 0 Å². The van der Waals surface area contributed by atoms with E-state index < -0.39 is 0 Å². The Kier molecular flexibility index (Phi) is 6.33. The molecule has 1 aromatic carbocycles. The lowest BCUT2D eigenvalue weighted by molar-refractivity contribution is -0.150. The molecule has 0 bridgehead atoms. The predicted molar refractivity (Wildman–Crippen MR) is 90.2 cm³/mol. The summed E-state index contributed by atoms with van der Waals surface area (Å²) in [5, 5.41) is 11.8. The zero-order valence-corrected chi connectivity index (χ0v) is 14.1. The van der Waals surface area contributed by atoms with E-state index in [9.17, 15) is 9.59 Å². The summed E-state index contributed by atoms with van der Waals surface area (Å²) in [7, 11) is 0. The van der Waals surface area contributed by atoms with Gasteiger partial charge in [0.15, 0.2) is 0 Å². The minimum absolute atomic E-state index is 0.144. The van der Waals surface area contributed by atoms with E-state index in [1.54, 1.807) is 31.2 Å². The fourth-order valence-electron chi connectivity index (χ4n) is 2.89. The van der Waals surface area contributed by atoms with E-state index in [2.05, 4.69) is 11.4 Å². The minimum atomic E-state index is -0.354. The molecule has 6 heteroatoms. The Bertz CT molecular complexity index is 639. The van der Waals surface area contributed by atoms with Gasteiger partial charge in [0.05, 0.1) is 30.2 Å². The Morgan fingerprint density at radius 2 is 2.29 bits per heavy atom. The molecule has 1 fully saturated rings. The van der Waals surface area contributed by atoms with Crippen molar-refractivity contribution in [2.24, 2.45) is 5.92 Å². The normalized spacial score (nSPS) is 19.1. The van der Waals surface area contributed by atoms with Crippen molar-refractivity contribution in [2.75, 3.05) is 25.0 Å². The number of carbonyl (C=O) groups excluding carboxylic acids is 2. The molecule has 1 aliphatic heterocycles. The lowest BCUT2D eigenvalue weighted by atomic mass is 9.97. The number of nitrogens with one attached hydrogen (secondary N) is 1. The maximum Gasteiger partial charge on any atom is 0.310 e. The van der Waals surface area contributed by atoms with Crippen LogP contribution in [-0.4, -0.2) is 42.5 Å². The van der Waals surface area contributed by atoms with Gasteiger partial charge in [-0.3, -0.25) is 14.5 Å². The summed E-state index contributed by atoms with van der Waals surface area (Å²) in [5.74, 6) is -0.498. The molecule has 0 aliphatic carbocycles. The van der Waals surface area contributed by atoms with E-state index in [0.29, 0.717) is 24.4 Å². The Morgan fingerprint density at radius 3 is 3.00 bits per heavy atom. The predicted octanol–water partition coefficient (Wildman–Crippen LogP) is 2.16. The first-order chi connectivity index (χ1) is 11.5. The Balaban J connectivity index is 1.96. The van der Waals surface area contributed by atoms with Crippen LogP contribution in [0.4, 0.5) is 5.69 Å². The van der Waals surface area contributed by atoms with Crippen molar-refractivity contribution in [1.82, 2.24) is 4.90 Å². The summed E-state index contributed by atoms with van der Waals surface area (Å²) in [5.41, 5.74) is 1.10. The van der Waals surface area contributed by atoms with Crippen LogP contribution in [0.1, 0.15) is 32.3 Å². The molecule has 2 unspecified atom stereocenters. The average molecular weight is 329 g/mol. The first-order valence-electron chi connectivity index (χ1n) is 8.26. The van der Waals surface area contributed by atoms with Crippen LogP contribution in [-0.2, 0) is 14.3 Å². The molecular formula is C18H23N3O3. The third-order valence-electron chi connectivity index (χ3n) is 4.26. The van der Waals surface area contributed by atoms with Crippen LogP contribution in [0.25, 0.3) is 0 Å². The van der Waals surface area contributed by atoms with E-state index in [-0.39, 0.29) is 23.8 Å². The lowest BCUT2D eigenvalue weighted by Crippen LogP contribution is -2.48. The van der Waals surface area contributed by atoms with Gasteiger partial charge >= 0.3 is 5.97 Å². The van der Waals surface area contributed by atoms with Crippen LogP contribution < -0.4 is 5.32 Å². The van der Waals surface area contributed by atoms with Gasteiger partial charge in [-0.1, -0.05) is 6.07 Å². The molecule has 1 saturated heterocycles. The Labute approximate surface area is 142 Å². The molecule has 1 aromatic rings. The van der Waals surface area contributed by atoms with Crippen molar-refractivity contribution in [3.63, 3.8) is 0 Å². The number of hydrogen-bond acceptors (Lipinski definition) is 5. The quantitative estimate of drug-likeness (QED) is 0.837. The van der Waals surface area contributed by atoms with Crippen LogP contribution in [0.5, 0.6) is 0 Å². The summed E-state index contributed by atoms with van der Waals surface area (Å²) in [6, 6.07) is 8.51. The minimum Gasteiger partial charge on any atom is -0.466 e. The molecule has 0 aromatic heterocycles. The second-order valence-corrected chi connectivity index (χ2v) is 5.94. The van der Waals surface area contributed by atoms with Crippen molar-refractivity contribution in [2.45, 2.75) is 32.7 Å². The van der Waals surface area contributed by atoms with Gasteiger partial charge in [0.25, 0.3) is 0 Å². The van der Waals surface area contributed by atoms with Crippen molar-refractivity contribution < 1.29 is 14.3 Å². The number of benzene rings is 1. The van der Waals surface area contributed by atoms with Gasteiger partial charge in [-0.25, -0.2) is 0 Å². The lowest BCUT2D eigenvalue weighted by Gasteiger charge is -2.35. The molecule has 2 rings (SSSR count). The number of likely N-dealkylation sites (tertiary alicyclic amines) is 1. The molecule has 1 N–H and O–H groups in total. The molecule has 0 saturated carbocycles. The van der Waals surface area contributed by atoms with Gasteiger partial charge in [0.2, 0.25) is 5.91 Å². The Hall–Kier alpha value is -2.39. The van der Waals surface area contributed by atoms with Crippen molar-refractivity contribution in [1.29, 1.82) is 5.26 Å². The van der Waals surface area contributed by atoms with Gasteiger partial charge in [-0.15, -0.1) is 0 Å². The largest absolute Gasteiger partial charge is 0.466 e. The SMILES string of the molecule is CCOC(=O)C1CCCN(C(C)C(=O)Nc2cccc(C#N)c2)C1. The summed E-state index contributed by atoms with van der Waals surface area (Å²) >= 11 is 0. The van der Waals surface area contributed by atoms with Gasteiger partial charge in [-0.05, 0) is 51.4 Å². The van der Waals surface area contributed by atoms with Crippen molar-refractivity contribution in [3.8, 4) is 6.07 Å². The molecule has 1 amide bonds. The second kappa shape index (κ2) is 8.46. The molecule has 128 valence electrons. The zero-order valence-electron chi connectivity index (χ0n) is 14.1. The van der Waals surface area contributed by atoms with Crippen LogP contribution in [0.3, 0.4) is 0 Å². The highest BCUT2D eigenvalue weighted by atomic mass is 16.5. The fraction of sp³-hybridized carbons (Fsp3) is 0.500. The topological polar surface area (TPSA) is 82.4 Å². The number of rotatable bonds is 5. The molecule has 0 radical (unpaired) electrons. The number of piperidine rings is 1. The zero-order chi connectivity index (χ0) is 17.5. The fourth-order valence-corrected chi connectivity index (χ4v) is 2.89. The number of ether oxygens (including phenoxy) is 1. The summed E-state index contributed by atoms with van der Waals surface area (Å²) in [6.07, 6.45) is 1.67. The van der Waals surface area contributed by atoms with Gasteiger partial charge < -0.3 is 10.1 Å². The second-order valence-electron chi connectivity index (χ2n) is 5.94. The number of nitrogens with zero attached hydrogens (tertiary/aromatic N) is 2. The van der Waals surface area contributed by atoms with E-state index in [1.165, 1.54) is 0 Å². The first kappa shape index (κ1) is 18.0. The van der Waals surface area contributed by atoms with Crippen molar-refractivity contribution >= 4 is 17.6 Å². The molecule has 1 heterocycles. The van der Waals surface area contributed by atoms with Crippen LogP contribution in [0, 0.1) is 17.2 Å². The number of anilines is 1. The third-order valence-corrected chi connectivity index (χ3v) is 4.26. The standard InChI is InChI=1S/C18H23N3O3/c1-3-24-18(23)15-7-5-9-21(12-15)13(2)17(22)20-16-8-4-6-14(10-16)11-19/h4,6,8,10,13,15H,3,5,7,9,12H2,1-2H3,(H,20,22). The smallest absolute Gasteiger partial charge is 0.310 e. The van der Waals surface area contributed by atoms with Crippen molar-refractivity contribution in [3.05, 3.63) is 29.8 Å². The van der Waals surface area contributed by atoms with Gasteiger partial charge in [0, 0.05) is 12.2 Å². The molecule has 1 aliphatic rings. The molecule has 0 spiro atoms.